The van der Waals surface area contributed by atoms with Gasteiger partial charge < -0.3 is 4.42 Å². The Labute approximate surface area is 171 Å². The number of hydrogen-bond donors (Lipinski definition) is 0. The molecule has 3 heterocycles. The van der Waals surface area contributed by atoms with Crippen LogP contribution in [0.25, 0.3) is 17.4 Å². The summed E-state index contributed by atoms with van der Waals surface area (Å²) >= 11 is 7.54. The molecule has 2 aromatic heterocycles. The molecule has 1 aliphatic rings. The molecule has 1 aromatic carbocycles. The highest BCUT2D eigenvalue weighted by atomic mass is 35.5. The molecule has 28 heavy (non-hydrogen) atoms. The summed E-state index contributed by atoms with van der Waals surface area (Å²) in [5.74, 6) is 1.71. The largest absolute Gasteiger partial charge is 0.457 e. The van der Waals surface area contributed by atoms with Crippen molar-refractivity contribution in [3.05, 3.63) is 76.5 Å². The molecule has 1 aliphatic heterocycles. The second kappa shape index (κ2) is 8.04. The number of furan rings is 1. The minimum absolute atomic E-state index is 0.0992. The molecule has 0 aliphatic carbocycles. The lowest BCUT2D eigenvalue weighted by atomic mass is 10.2. The lowest BCUT2D eigenvalue weighted by Gasteiger charge is -2.11. The van der Waals surface area contributed by atoms with E-state index in [1.807, 2.05) is 55.5 Å². The lowest BCUT2D eigenvalue weighted by Crippen LogP contribution is -2.28. The van der Waals surface area contributed by atoms with E-state index in [0.29, 0.717) is 39.0 Å². The van der Waals surface area contributed by atoms with Gasteiger partial charge in [-0.3, -0.25) is 9.69 Å². The Hall–Kier alpha value is -2.83. The lowest BCUT2D eigenvalue weighted by molar-refractivity contribution is -0.122. The Morgan fingerprint density at radius 1 is 1.18 bits per heavy atom. The van der Waals surface area contributed by atoms with E-state index in [2.05, 4.69) is 9.98 Å². The highest BCUT2D eigenvalue weighted by Crippen LogP contribution is 2.35. The first kappa shape index (κ1) is 18.5. The summed E-state index contributed by atoms with van der Waals surface area (Å²) in [6, 6.07) is 16.6. The first-order chi connectivity index (χ1) is 13.7. The quantitative estimate of drug-likeness (QED) is 0.525. The summed E-state index contributed by atoms with van der Waals surface area (Å²) in [5.41, 5.74) is 0.812. The monoisotopic (exact) mass is 409 g/mol. The van der Waals surface area contributed by atoms with E-state index in [9.17, 15) is 4.79 Å². The zero-order valence-corrected chi connectivity index (χ0v) is 16.6. The number of aliphatic imine (C=N–C) groups is 1. The van der Waals surface area contributed by atoms with E-state index in [-0.39, 0.29) is 5.91 Å². The Bertz CT molecular complexity index is 1080. The molecule has 5 nitrogen and oxygen atoms in total. The summed E-state index contributed by atoms with van der Waals surface area (Å²) in [6.07, 6.45) is 3.41. The van der Waals surface area contributed by atoms with Gasteiger partial charge in [0.25, 0.3) is 5.91 Å². The van der Waals surface area contributed by atoms with Crippen molar-refractivity contribution in [2.45, 2.75) is 6.92 Å². The van der Waals surface area contributed by atoms with Crippen LogP contribution in [0.5, 0.6) is 0 Å². The fraction of sp³-hybridized carbons (Fsp3) is 0.0952. The van der Waals surface area contributed by atoms with Gasteiger partial charge in [0.1, 0.15) is 11.5 Å². The molecule has 7 heteroatoms. The van der Waals surface area contributed by atoms with E-state index in [4.69, 9.17) is 16.0 Å². The van der Waals surface area contributed by atoms with Gasteiger partial charge in [0.15, 0.2) is 11.0 Å². The molecule has 0 N–H and O–H groups in total. The van der Waals surface area contributed by atoms with Gasteiger partial charge in [-0.05, 0) is 55.1 Å². The van der Waals surface area contributed by atoms with Crippen LogP contribution in [-0.4, -0.2) is 27.5 Å². The van der Waals surface area contributed by atoms with Crippen LogP contribution in [0.2, 0.25) is 5.02 Å². The third kappa shape index (κ3) is 3.74. The third-order valence-corrected chi connectivity index (χ3v) is 5.44. The van der Waals surface area contributed by atoms with Crippen molar-refractivity contribution >= 4 is 46.3 Å². The van der Waals surface area contributed by atoms with Gasteiger partial charge in [-0.15, -0.1) is 0 Å². The average molecular weight is 410 g/mol. The number of likely N-dealkylation sites (N-methyl/N-ethyl adjacent to an activating group) is 1. The van der Waals surface area contributed by atoms with Gasteiger partial charge in [-0.1, -0.05) is 29.8 Å². The summed E-state index contributed by atoms with van der Waals surface area (Å²) in [7, 11) is 0. The SMILES string of the molecule is CCN1C(=O)/C(=C\c2ccc(-c3ccccc3Cl)o2)S/C1=N/c1ccccn1. The van der Waals surface area contributed by atoms with E-state index in [1.165, 1.54) is 11.8 Å². The standard InChI is InChI=1S/C21H16ClN3O2S/c1-2-25-20(26)18(28-21(25)24-19-9-5-6-12-23-19)13-14-10-11-17(27-14)15-7-3-4-8-16(15)22/h3-13H,2H2,1H3/b18-13+,24-21+. The van der Waals surface area contributed by atoms with Crippen LogP contribution in [0.4, 0.5) is 5.82 Å². The van der Waals surface area contributed by atoms with Crippen molar-refractivity contribution in [1.82, 2.24) is 9.88 Å². The van der Waals surface area contributed by atoms with E-state index >= 15 is 0 Å². The van der Waals surface area contributed by atoms with Gasteiger partial charge in [0.2, 0.25) is 0 Å². The van der Waals surface area contributed by atoms with Crippen molar-refractivity contribution in [2.75, 3.05) is 6.54 Å². The highest BCUT2D eigenvalue weighted by Gasteiger charge is 2.32. The molecule has 140 valence electrons. The van der Waals surface area contributed by atoms with Crippen molar-refractivity contribution in [3.8, 4) is 11.3 Å². The summed E-state index contributed by atoms with van der Waals surface area (Å²) in [6.45, 7) is 2.44. The van der Waals surface area contributed by atoms with E-state index in [1.54, 1.807) is 23.2 Å². The van der Waals surface area contributed by atoms with Crippen LogP contribution in [0.3, 0.4) is 0 Å². The minimum Gasteiger partial charge on any atom is -0.457 e. The maximum absolute atomic E-state index is 12.7. The molecule has 0 unspecified atom stereocenters. The van der Waals surface area contributed by atoms with Crippen molar-refractivity contribution in [3.63, 3.8) is 0 Å². The zero-order valence-electron chi connectivity index (χ0n) is 15.0. The van der Waals surface area contributed by atoms with Gasteiger partial charge in [-0.25, -0.2) is 9.98 Å². The molecule has 1 saturated heterocycles. The molecule has 0 bridgehead atoms. The third-order valence-electron chi connectivity index (χ3n) is 4.10. The number of amidine groups is 1. The Kier molecular flexibility index (Phi) is 5.32. The zero-order chi connectivity index (χ0) is 19.5. The summed E-state index contributed by atoms with van der Waals surface area (Å²) in [5, 5.41) is 1.22. The number of halogens is 1. The number of carbonyl (C=O) groups is 1. The maximum Gasteiger partial charge on any atom is 0.266 e. The second-order valence-corrected chi connectivity index (χ2v) is 7.34. The first-order valence-corrected chi connectivity index (χ1v) is 9.91. The second-order valence-electron chi connectivity index (χ2n) is 5.92. The number of aromatic nitrogens is 1. The summed E-state index contributed by atoms with van der Waals surface area (Å²) in [4.78, 5) is 23.6. The van der Waals surface area contributed by atoms with E-state index in [0.717, 1.165) is 5.56 Å². The molecule has 0 spiro atoms. The smallest absolute Gasteiger partial charge is 0.266 e. The number of thioether (sulfide) groups is 1. The Balaban J connectivity index is 1.63. The molecule has 0 radical (unpaired) electrons. The first-order valence-electron chi connectivity index (χ1n) is 8.71. The molecular weight excluding hydrogens is 394 g/mol. The normalized spacial score (nSPS) is 17.1. The number of rotatable bonds is 4. The molecular formula is C21H16ClN3O2S. The number of hydrogen-bond acceptors (Lipinski definition) is 5. The van der Waals surface area contributed by atoms with Crippen LogP contribution in [-0.2, 0) is 4.79 Å². The molecule has 4 rings (SSSR count). The molecule has 1 amide bonds. The summed E-state index contributed by atoms with van der Waals surface area (Å²) < 4.78 is 5.89. The predicted octanol–water partition coefficient (Wildman–Crippen LogP) is 5.62. The number of benzene rings is 1. The molecule has 3 aromatic rings. The molecule has 0 atom stereocenters. The number of amides is 1. The highest BCUT2D eigenvalue weighted by molar-refractivity contribution is 8.18. The van der Waals surface area contributed by atoms with Crippen LogP contribution in [0.1, 0.15) is 12.7 Å². The van der Waals surface area contributed by atoms with Crippen molar-refractivity contribution < 1.29 is 9.21 Å². The fourth-order valence-electron chi connectivity index (χ4n) is 2.75. The van der Waals surface area contributed by atoms with Gasteiger partial charge >= 0.3 is 0 Å². The maximum atomic E-state index is 12.7. The predicted molar refractivity (Wildman–Crippen MR) is 113 cm³/mol. The van der Waals surface area contributed by atoms with Gasteiger partial charge in [0, 0.05) is 24.4 Å². The van der Waals surface area contributed by atoms with Crippen LogP contribution in [0.15, 0.2) is 75.1 Å². The number of pyridine rings is 1. The van der Waals surface area contributed by atoms with Crippen LogP contribution >= 0.6 is 23.4 Å². The topological polar surface area (TPSA) is 58.7 Å². The minimum atomic E-state index is -0.0992. The number of nitrogens with zero attached hydrogens (tertiary/aromatic N) is 3. The van der Waals surface area contributed by atoms with Crippen LogP contribution < -0.4 is 0 Å². The van der Waals surface area contributed by atoms with Crippen molar-refractivity contribution in [2.24, 2.45) is 4.99 Å². The average Bonchev–Trinajstić information content (AvgIpc) is 3.28. The fourth-order valence-corrected chi connectivity index (χ4v) is 4.01. The van der Waals surface area contributed by atoms with Crippen molar-refractivity contribution in [1.29, 1.82) is 0 Å². The van der Waals surface area contributed by atoms with Gasteiger partial charge in [-0.2, -0.15) is 0 Å². The number of carbonyl (C=O) groups excluding carboxylic acids is 1. The van der Waals surface area contributed by atoms with E-state index < -0.39 is 0 Å². The Morgan fingerprint density at radius 3 is 2.75 bits per heavy atom. The Morgan fingerprint density at radius 2 is 2.00 bits per heavy atom. The molecule has 0 saturated carbocycles. The van der Waals surface area contributed by atoms with Crippen LogP contribution in [0, 0.1) is 0 Å². The molecule has 1 fully saturated rings. The van der Waals surface area contributed by atoms with Gasteiger partial charge in [0.05, 0.1) is 9.93 Å².